The van der Waals surface area contributed by atoms with Crippen molar-refractivity contribution in [3.8, 4) is 16.9 Å². The fourth-order valence-electron chi connectivity index (χ4n) is 3.61. The van der Waals surface area contributed by atoms with E-state index < -0.39 is 11.7 Å². The molecule has 0 atom stereocenters. The number of hydrogen-bond acceptors (Lipinski definition) is 6. The van der Waals surface area contributed by atoms with Crippen molar-refractivity contribution in [3.63, 3.8) is 0 Å². The molecular weight excluding hydrogens is 434 g/mol. The van der Waals surface area contributed by atoms with Gasteiger partial charge in [0.2, 0.25) is 5.91 Å². The summed E-state index contributed by atoms with van der Waals surface area (Å²) in [6, 6.07) is 13.4. The summed E-state index contributed by atoms with van der Waals surface area (Å²) in [6.07, 6.45) is 4.56. The largest absolute Gasteiger partial charge is 0.791 e. The van der Waals surface area contributed by atoms with Crippen molar-refractivity contribution in [2.45, 2.75) is 46.1 Å². The van der Waals surface area contributed by atoms with Crippen LogP contribution in [0.5, 0.6) is 5.75 Å². The minimum atomic E-state index is -0.658. The molecule has 0 fully saturated rings. The third-order valence-corrected chi connectivity index (χ3v) is 5.08. The molecule has 2 aromatic rings. The predicted octanol–water partition coefficient (Wildman–Crippen LogP) is 5.01. The number of carbonyl (C=O) groups excluding carboxylic acids is 2. The van der Waals surface area contributed by atoms with Crippen LogP contribution in [-0.4, -0.2) is 41.5 Å². The summed E-state index contributed by atoms with van der Waals surface area (Å²) < 4.78 is 11.0. The topological polar surface area (TPSA) is 103 Å². The summed E-state index contributed by atoms with van der Waals surface area (Å²) in [6.45, 7) is 7.39. The lowest BCUT2D eigenvalue weighted by atomic mass is 10.1. The van der Waals surface area contributed by atoms with Crippen molar-refractivity contribution in [2.24, 2.45) is 5.16 Å². The number of amides is 2. The van der Waals surface area contributed by atoms with E-state index in [9.17, 15) is 14.8 Å². The van der Waals surface area contributed by atoms with Gasteiger partial charge in [0.25, 0.3) is 0 Å². The summed E-state index contributed by atoms with van der Waals surface area (Å²) >= 11 is 0. The first-order chi connectivity index (χ1) is 16.2. The van der Waals surface area contributed by atoms with Crippen molar-refractivity contribution in [2.75, 3.05) is 13.2 Å². The van der Waals surface area contributed by atoms with Crippen LogP contribution in [0.4, 0.5) is 4.79 Å². The first-order valence-electron chi connectivity index (χ1n) is 11.2. The molecule has 0 saturated carbocycles. The van der Waals surface area contributed by atoms with Crippen LogP contribution in [0.25, 0.3) is 11.1 Å². The fourth-order valence-corrected chi connectivity index (χ4v) is 3.61. The molecule has 1 N–H and O–H groups in total. The molecule has 8 nitrogen and oxygen atoms in total. The Bertz CT molecular complexity index is 1100. The number of nitrogens with zero attached hydrogens (tertiary/aromatic N) is 2. The Kier molecular flexibility index (Phi) is 7.94. The Morgan fingerprint density at radius 2 is 1.76 bits per heavy atom. The van der Waals surface area contributed by atoms with Gasteiger partial charge in [0.1, 0.15) is 18.0 Å². The minimum absolute atomic E-state index is 0.266. The lowest BCUT2D eigenvalue weighted by Crippen LogP contribution is -2.47. The van der Waals surface area contributed by atoms with Crippen LogP contribution < -0.4 is 10.2 Å². The highest BCUT2D eigenvalue weighted by atomic mass is 16.6. The van der Waals surface area contributed by atoms with Crippen molar-refractivity contribution in [1.82, 2.24) is 10.4 Å². The van der Waals surface area contributed by atoms with Gasteiger partial charge >= 0.3 is 6.09 Å². The molecule has 34 heavy (non-hydrogen) atoms. The molecule has 3 rings (SSSR count). The molecule has 0 unspecified atom stereocenters. The van der Waals surface area contributed by atoms with E-state index in [4.69, 9.17) is 9.47 Å². The number of nitrogens with one attached hydrogen (secondary N) is 1. The number of hydrogen-bond donors (Lipinski definition) is 1. The zero-order valence-electron chi connectivity index (χ0n) is 20.0. The second kappa shape index (κ2) is 10.9. The molecular formula is C26H30N3O5-. The Morgan fingerprint density at radius 1 is 1.06 bits per heavy atom. The molecule has 0 radical (unpaired) electrons. The summed E-state index contributed by atoms with van der Waals surface area (Å²) in [5, 5.41) is 15.9. The van der Waals surface area contributed by atoms with E-state index >= 15 is 0 Å². The number of hydrazine groups is 1. The number of fused-ring (bicyclic) bond motifs is 3. The van der Waals surface area contributed by atoms with E-state index in [0.717, 1.165) is 22.3 Å². The van der Waals surface area contributed by atoms with Crippen LogP contribution in [0.2, 0.25) is 0 Å². The second-order valence-corrected chi connectivity index (χ2v) is 8.90. The number of unbranched alkanes of at least 4 members (excludes halogenated alkanes) is 1. The number of ether oxygens (including phenoxy) is 2. The van der Waals surface area contributed by atoms with Crippen molar-refractivity contribution in [3.05, 3.63) is 71.0 Å². The normalized spacial score (nSPS) is 13.5. The van der Waals surface area contributed by atoms with E-state index in [-0.39, 0.29) is 5.91 Å². The average Bonchev–Trinajstić information content (AvgIpc) is 3.09. The molecule has 1 aliphatic carbocycles. The second-order valence-electron chi connectivity index (χ2n) is 8.90. The zero-order chi connectivity index (χ0) is 24.7. The van der Waals surface area contributed by atoms with Crippen LogP contribution in [0.1, 0.15) is 51.7 Å². The fraction of sp³-hybridized carbons (Fsp3) is 0.346. The highest BCUT2D eigenvalue weighted by molar-refractivity contribution is 6.24. The van der Waals surface area contributed by atoms with Gasteiger partial charge in [-0.1, -0.05) is 36.4 Å². The molecule has 0 aromatic heterocycles. The van der Waals surface area contributed by atoms with Gasteiger partial charge in [-0.25, -0.2) is 10.2 Å². The SMILES string of the molecule is CC(=O)N(CCC/C=C/COc1ccc2c(c1)/C(=N/[O-])c1ccccc1-2)NC(=O)OC(C)(C)C. The lowest BCUT2D eigenvalue weighted by molar-refractivity contribution is -0.132. The van der Waals surface area contributed by atoms with Crippen molar-refractivity contribution < 1.29 is 19.1 Å². The Hall–Kier alpha value is -3.81. The Balaban J connectivity index is 1.45. The van der Waals surface area contributed by atoms with Gasteiger partial charge < -0.3 is 19.8 Å². The van der Waals surface area contributed by atoms with Crippen LogP contribution in [-0.2, 0) is 9.53 Å². The average molecular weight is 465 g/mol. The highest BCUT2D eigenvalue weighted by Crippen LogP contribution is 2.38. The number of benzene rings is 2. The van der Waals surface area contributed by atoms with Gasteiger partial charge in [-0.3, -0.25) is 9.80 Å². The first-order valence-corrected chi connectivity index (χ1v) is 11.2. The standard InChI is InChI=1S/C26H31N3O5/c1-18(30)29(27-25(31)34-26(2,3)4)15-9-5-6-10-16-33-19-13-14-21-20-11-7-8-12-22(20)24(28-32)23(21)17-19/h6-8,10-14,17,32H,5,9,15-16H2,1-4H3,(H,27,31)/p-1/b10-6+,28-24+. The van der Waals surface area contributed by atoms with E-state index in [1.807, 2.05) is 54.6 Å². The van der Waals surface area contributed by atoms with Crippen molar-refractivity contribution >= 4 is 17.7 Å². The van der Waals surface area contributed by atoms with Gasteiger partial charge in [-0.05, 0) is 62.9 Å². The molecule has 0 aliphatic heterocycles. The van der Waals surface area contributed by atoms with Crippen LogP contribution >= 0.6 is 0 Å². The smallest absolute Gasteiger partial charge is 0.426 e. The van der Waals surface area contributed by atoms with E-state index in [2.05, 4.69) is 10.6 Å². The minimum Gasteiger partial charge on any atom is -0.791 e. The molecule has 8 heteroatoms. The molecule has 0 bridgehead atoms. The van der Waals surface area contributed by atoms with E-state index in [1.165, 1.54) is 11.9 Å². The summed E-state index contributed by atoms with van der Waals surface area (Å²) in [5.41, 5.74) is 5.86. The molecule has 0 heterocycles. The maximum Gasteiger partial charge on any atom is 0.426 e. The zero-order valence-corrected chi connectivity index (χ0v) is 20.0. The first kappa shape index (κ1) is 24.8. The third kappa shape index (κ3) is 6.37. The molecule has 1 aliphatic rings. The lowest BCUT2D eigenvalue weighted by Gasteiger charge is -2.25. The molecule has 2 aromatic carbocycles. The molecule has 180 valence electrons. The monoisotopic (exact) mass is 464 g/mol. The molecule has 2 amide bonds. The molecule has 0 saturated heterocycles. The van der Waals surface area contributed by atoms with Crippen molar-refractivity contribution in [1.29, 1.82) is 0 Å². The quantitative estimate of drug-likeness (QED) is 0.301. The summed E-state index contributed by atoms with van der Waals surface area (Å²) in [4.78, 5) is 23.6. The maximum atomic E-state index is 11.9. The van der Waals surface area contributed by atoms with Crippen LogP contribution in [0.3, 0.4) is 0 Å². The number of carbonyl (C=O) groups is 2. The molecule has 0 spiro atoms. The van der Waals surface area contributed by atoms with Gasteiger partial charge in [0.05, 0.1) is 5.71 Å². The highest BCUT2D eigenvalue weighted by Gasteiger charge is 2.24. The van der Waals surface area contributed by atoms with Gasteiger partial charge in [0.15, 0.2) is 0 Å². The summed E-state index contributed by atoms with van der Waals surface area (Å²) in [7, 11) is 0. The van der Waals surface area contributed by atoms with Crippen LogP contribution in [0, 0.1) is 5.21 Å². The predicted molar refractivity (Wildman–Crippen MR) is 132 cm³/mol. The van der Waals surface area contributed by atoms with Gasteiger partial charge in [-0.2, -0.15) is 0 Å². The number of rotatable bonds is 7. The Labute approximate surface area is 199 Å². The van der Waals surface area contributed by atoms with Gasteiger partial charge in [0, 0.05) is 24.6 Å². The third-order valence-electron chi connectivity index (χ3n) is 5.08. The maximum absolute atomic E-state index is 11.9. The number of allylic oxidation sites excluding steroid dienone is 1. The Morgan fingerprint density at radius 3 is 2.44 bits per heavy atom. The van der Waals surface area contributed by atoms with E-state index in [1.54, 1.807) is 20.8 Å². The van der Waals surface area contributed by atoms with E-state index in [0.29, 0.717) is 37.5 Å². The van der Waals surface area contributed by atoms with Crippen LogP contribution in [0.15, 0.2) is 59.8 Å². The summed E-state index contributed by atoms with van der Waals surface area (Å²) in [5.74, 6) is 0.389. The van der Waals surface area contributed by atoms with Gasteiger partial charge in [-0.15, -0.1) is 0 Å².